The molecule has 5 heteroatoms. The van der Waals surface area contributed by atoms with Gasteiger partial charge in [-0.25, -0.2) is 13.2 Å². The standard InChI is InChI=1S/C13H16O4S/c1-3-5-8-18(16,17)11-7-6-10(4-2)12(9-11)13(14)15/h3,6-7,9H,1,4-5,8H2,2H3,(H,14,15). The van der Waals surface area contributed by atoms with Crippen molar-refractivity contribution in [3.8, 4) is 0 Å². The Morgan fingerprint density at radius 3 is 2.61 bits per heavy atom. The molecule has 0 radical (unpaired) electrons. The van der Waals surface area contributed by atoms with E-state index in [4.69, 9.17) is 5.11 Å². The van der Waals surface area contributed by atoms with Gasteiger partial charge in [-0.3, -0.25) is 0 Å². The minimum Gasteiger partial charge on any atom is -0.478 e. The summed E-state index contributed by atoms with van der Waals surface area (Å²) >= 11 is 0. The van der Waals surface area contributed by atoms with Crippen LogP contribution in [-0.2, 0) is 16.3 Å². The van der Waals surface area contributed by atoms with Gasteiger partial charge in [-0.1, -0.05) is 19.1 Å². The summed E-state index contributed by atoms with van der Waals surface area (Å²) < 4.78 is 23.8. The van der Waals surface area contributed by atoms with E-state index in [1.54, 1.807) is 6.07 Å². The predicted octanol–water partition coefficient (Wildman–Crippen LogP) is 2.30. The highest BCUT2D eigenvalue weighted by atomic mass is 32.2. The van der Waals surface area contributed by atoms with E-state index in [-0.39, 0.29) is 16.2 Å². The molecule has 4 nitrogen and oxygen atoms in total. The van der Waals surface area contributed by atoms with Crippen molar-refractivity contribution in [2.45, 2.75) is 24.7 Å². The van der Waals surface area contributed by atoms with Gasteiger partial charge in [0, 0.05) is 0 Å². The fourth-order valence-corrected chi connectivity index (χ4v) is 2.90. The van der Waals surface area contributed by atoms with Crippen LogP contribution in [0.2, 0.25) is 0 Å². The van der Waals surface area contributed by atoms with Gasteiger partial charge in [0.2, 0.25) is 0 Å². The van der Waals surface area contributed by atoms with E-state index in [0.29, 0.717) is 18.4 Å². The Balaban J connectivity index is 3.23. The number of allylic oxidation sites excluding steroid dienone is 1. The summed E-state index contributed by atoms with van der Waals surface area (Å²) in [6.45, 7) is 5.30. The number of sulfone groups is 1. The van der Waals surface area contributed by atoms with Gasteiger partial charge in [0.25, 0.3) is 0 Å². The molecule has 0 aliphatic rings. The maximum atomic E-state index is 11.9. The lowest BCUT2D eigenvalue weighted by molar-refractivity contribution is 0.0695. The van der Waals surface area contributed by atoms with Crippen molar-refractivity contribution in [1.29, 1.82) is 0 Å². The van der Waals surface area contributed by atoms with Crippen LogP contribution in [0.5, 0.6) is 0 Å². The van der Waals surface area contributed by atoms with Crippen LogP contribution in [0.25, 0.3) is 0 Å². The number of hydrogen-bond donors (Lipinski definition) is 1. The fraction of sp³-hybridized carbons (Fsp3) is 0.308. The summed E-state index contributed by atoms with van der Waals surface area (Å²) in [5.41, 5.74) is 0.683. The zero-order chi connectivity index (χ0) is 13.8. The smallest absolute Gasteiger partial charge is 0.336 e. The number of hydrogen-bond acceptors (Lipinski definition) is 3. The molecule has 0 aliphatic heterocycles. The summed E-state index contributed by atoms with van der Waals surface area (Å²) in [4.78, 5) is 11.1. The van der Waals surface area contributed by atoms with E-state index in [1.165, 1.54) is 18.2 Å². The van der Waals surface area contributed by atoms with Gasteiger partial charge >= 0.3 is 5.97 Å². The van der Waals surface area contributed by atoms with Crippen molar-refractivity contribution in [3.63, 3.8) is 0 Å². The Morgan fingerprint density at radius 2 is 2.11 bits per heavy atom. The summed E-state index contributed by atoms with van der Waals surface area (Å²) in [6, 6.07) is 4.26. The van der Waals surface area contributed by atoms with Gasteiger partial charge in [0.05, 0.1) is 16.2 Å². The Labute approximate surface area is 107 Å². The summed E-state index contributed by atoms with van der Waals surface area (Å²) in [6.07, 6.45) is 2.42. The van der Waals surface area contributed by atoms with Crippen LogP contribution in [0.15, 0.2) is 35.7 Å². The highest BCUT2D eigenvalue weighted by Crippen LogP contribution is 2.18. The topological polar surface area (TPSA) is 71.4 Å². The van der Waals surface area contributed by atoms with E-state index in [1.807, 2.05) is 6.92 Å². The second-order valence-corrected chi connectivity index (χ2v) is 5.98. The maximum Gasteiger partial charge on any atom is 0.336 e. The zero-order valence-electron chi connectivity index (χ0n) is 10.2. The first kappa shape index (κ1) is 14.4. The lowest BCUT2D eigenvalue weighted by Crippen LogP contribution is -2.09. The van der Waals surface area contributed by atoms with Gasteiger partial charge in [-0.05, 0) is 30.5 Å². The van der Waals surface area contributed by atoms with Gasteiger partial charge in [0.1, 0.15) is 0 Å². The molecule has 0 saturated heterocycles. The molecule has 0 saturated carbocycles. The quantitative estimate of drug-likeness (QED) is 0.803. The second kappa shape index (κ2) is 5.82. The molecule has 18 heavy (non-hydrogen) atoms. The SMILES string of the molecule is C=CCCS(=O)(=O)c1ccc(CC)c(C(=O)O)c1. The lowest BCUT2D eigenvalue weighted by atomic mass is 10.1. The van der Waals surface area contributed by atoms with Crippen LogP contribution >= 0.6 is 0 Å². The number of carboxylic acid groups (broad SMARTS) is 1. The maximum absolute atomic E-state index is 11.9. The molecule has 0 bridgehead atoms. The molecule has 0 amide bonds. The number of aromatic carboxylic acids is 1. The molecule has 0 heterocycles. The van der Waals surface area contributed by atoms with E-state index in [2.05, 4.69) is 6.58 Å². The molecule has 0 unspecified atom stereocenters. The van der Waals surface area contributed by atoms with Crippen LogP contribution in [0.1, 0.15) is 29.3 Å². The third-order valence-corrected chi connectivity index (χ3v) is 4.39. The average molecular weight is 268 g/mol. The zero-order valence-corrected chi connectivity index (χ0v) is 11.0. The van der Waals surface area contributed by atoms with Crippen LogP contribution in [0.4, 0.5) is 0 Å². The molecule has 98 valence electrons. The highest BCUT2D eigenvalue weighted by molar-refractivity contribution is 7.91. The minimum atomic E-state index is -3.44. The summed E-state index contributed by atoms with van der Waals surface area (Å²) in [7, 11) is -3.44. The Kier molecular flexibility index (Phi) is 4.67. The van der Waals surface area contributed by atoms with Crippen LogP contribution in [0, 0.1) is 0 Å². The third kappa shape index (κ3) is 3.20. The molecular formula is C13H16O4S. The van der Waals surface area contributed by atoms with E-state index < -0.39 is 15.8 Å². The molecule has 0 fully saturated rings. The number of benzene rings is 1. The molecule has 1 aromatic carbocycles. The van der Waals surface area contributed by atoms with Crippen molar-refractivity contribution < 1.29 is 18.3 Å². The van der Waals surface area contributed by atoms with Crippen molar-refractivity contribution in [2.75, 3.05) is 5.75 Å². The Morgan fingerprint density at radius 1 is 1.44 bits per heavy atom. The second-order valence-electron chi connectivity index (χ2n) is 3.87. The lowest BCUT2D eigenvalue weighted by Gasteiger charge is -2.07. The van der Waals surface area contributed by atoms with Gasteiger partial charge in [0.15, 0.2) is 9.84 Å². The van der Waals surface area contributed by atoms with Crippen LogP contribution in [0.3, 0.4) is 0 Å². The highest BCUT2D eigenvalue weighted by Gasteiger charge is 2.17. The monoisotopic (exact) mass is 268 g/mol. The van der Waals surface area contributed by atoms with Crippen LogP contribution in [-0.4, -0.2) is 25.2 Å². The molecule has 0 spiro atoms. The first-order valence-corrected chi connectivity index (χ1v) is 7.27. The summed E-state index contributed by atoms with van der Waals surface area (Å²) in [5, 5.41) is 9.05. The predicted molar refractivity (Wildman–Crippen MR) is 69.6 cm³/mol. The van der Waals surface area contributed by atoms with Crippen molar-refractivity contribution in [3.05, 3.63) is 42.0 Å². The Bertz CT molecular complexity index is 558. The van der Waals surface area contributed by atoms with Crippen LogP contribution < -0.4 is 0 Å². The average Bonchev–Trinajstić information content (AvgIpc) is 2.35. The molecule has 1 N–H and O–H groups in total. The van der Waals surface area contributed by atoms with Crippen molar-refractivity contribution >= 4 is 15.8 Å². The number of carbonyl (C=O) groups is 1. The van der Waals surface area contributed by atoms with E-state index in [9.17, 15) is 13.2 Å². The molecule has 0 atom stereocenters. The third-order valence-electron chi connectivity index (χ3n) is 2.64. The molecule has 1 rings (SSSR count). The minimum absolute atomic E-state index is 0.0529. The normalized spacial score (nSPS) is 11.2. The Hall–Kier alpha value is -1.62. The first-order valence-electron chi connectivity index (χ1n) is 5.62. The molecular weight excluding hydrogens is 252 g/mol. The van der Waals surface area contributed by atoms with E-state index >= 15 is 0 Å². The molecule has 1 aromatic rings. The van der Waals surface area contributed by atoms with Crippen molar-refractivity contribution in [2.24, 2.45) is 0 Å². The van der Waals surface area contributed by atoms with E-state index in [0.717, 1.165) is 0 Å². The number of aryl methyl sites for hydroxylation is 1. The first-order chi connectivity index (χ1) is 8.42. The molecule has 0 aromatic heterocycles. The van der Waals surface area contributed by atoms with Crippen molar-refractivity contribution in [1.82, 2.24) is 0 Å². The fourth-order valence-electron chi connectivity index (χ4n) is 1.61. The van der Waals surface area contributed by atoms with Gasteiger partial charge in [-0.2, -0.15) is 0 Å². The number of rotatable bonds is 6. The largest absolute Gasteiger partial charge is 0.478 e. The number of carboxylic acids is 1. The van der Waals surface area contributed by atoms with Gasteiger partial charge in [-0.15, -0.1) is 6.58 Å². The summed E-state index contributed by atoms with van der Waals surface area (Å²) in [5.74, 6) is -1.16. The van der Waals surface area contributed by atoms with Gasteiger partial charge < -0.3 is 5.11 Å². The molecule has 0 aliphatic carbocycles.